The molecule has 18 amide bonds. The van der Waals surface area contributed by atoms with E-state index in [1.165, 1.54) is 102 Å². The van der Waals surface area contributed by atoms with Gasteiger partial charge in [-0.3, -0.25) is 97.1 Å². The second-order valence-electron chi connectivity index (χ2n) is 31.4. The maximum atomic E-state index is 14.2. The highest BCUT2D eigenvalue weighted by molar-refractivity contribution is 6.04. The number of hydrogen-bond acceptors (Lipinski definition) is 27. The lowest BCUT2D eigenvalue weighted by Crippen LogP contribution is -2.61. The number of carbonyl (C=O) groups excluding carboxylic acids is 18. The number of primary amides is 2. The van der Waals surface area contributed by atoms with E-state index in [-0.39, 0.29) is 94.7 Å². The summed E-state index contributed by atoms with van der Waals surface area (Å²) < 4.78 is 12.1. The van der Waals surface area contributed by atoms with Crippen LogP contribution in [-0.4, -0.2) is 258 Å². The summed E-state index contributed by atoms with van der Waals surface area (Å²) in [6, 6.07) is -10.1. The molecule has 716 valence electrons. The molecular formula is C81H109N23O28. The van der Waals surface area contributed by atoms with Gasteiger partial charge in [-0.15, -0.1) is 0 Å². The van der Waals surface area contributed by atoms with Gasteiger partial charge in [0.15, 0.2) is 11.6 Å². The van der Waals surface area contributed by atoms with E-state index in [1.54, 1.807) is 6.92 Å². The minimum absolute atomic E-state index is 0.0299. The Balaban J connectivity index is 1.02. The van der Waals surface area contributed by atoms with E-state index >= 15 is 0 Å². The number of urea groups is 1. The number of H-pyrrole nitrogens is 1. The zero-order valence-electron chi connectivity index (χ0n) is 73.0. The summed E-state index contributed by atoms with van der Waals surface area (Å²) in [6.07, 6.45) is -2.23. The lowest BCUT2D eigenvalue weighted by Gasteiger charge is -2.36. The van der Waals surface area contributed by atoms with Gasteiger partial charge in [-0.1, -0.05) is 34.1 Å². The molecule has 30 N–H and O–H groups in total. The van der Waals surface area contributed by atoms with E-state index < -0.39 is 272 Å². The van der Waals surface area contributed by atoms with Gasteiger partial charge in [-0.2, -0.15) is 0 Å². The highest BCUT2D eigenvalue weighted by atomic mass is 16.6. The SMILES string of the molecule is CC[C@H](C)[C@H](NC(=O)[C@H](CCC(=O)O)NC(=O)[C@H](C)NC(=O)NNC(=O)[C@H](C)NC(=O)[C@H](C)NC(=O)[C@H](Cc1c[nH]cn1)NC(=O)[C@@H](NC(=O)[C@H](C)NC(=O)[C@H](CCC(N)=O)NC(=O)c1ccc2c(c1)C1(OC2=O)c2ccc(O)cc2Oc2cc(O)ccc21)C(C)C)C(=O)N[C@@H](CC(N)=O)C(=O)N[C@@H](CCC(=O)O)C(=O)N[C@@H](C)C(=O)NCC(=O)N[C@@H](CCCNC(=N)N)C(=O)O. The third kappa shape index (κ3) is 30.5. The number of rotatable bonds is 49. The van der Waals surface area contributed by atoms with Crippen molar-refractivity contribution in [3.8, 4) is 23.0 Å². The lowest BCUT2D eigenvalue weighted by atomic mass is 9.77. The van der Waals surface area contributed by atoms with E-state index in [2.05, 4.69) is 89.7 Å². The molecule has 0 bridgehead atoms. The van der Waals surface area contributed by atoms with E-state index in [9.17, 15) is 126 Å². The van der Waals surface area contributed by atoms with Crippen molar-refractivity contribution in [1.82, 2.24) is 101 Å². The number of esters is 1. The van der Waals surface area contributed by atoms with Crippen molar-refractivity contribution in [3.63, 3.8) is 0 Å². The van der Waals surface area contributed by atoms with E-state index in [1.807, 2.05) is 10.9 Å². The summed E-state index contributed by atoms with van der Waals surface area (Å²) in [5.41, 5.74) is 19.0. The first-order valence-electron chi connectivity index (χ1n) is 41.3. The summed E-state index contributed by atoms with van der Waals surface area (Å²) in [4.78, 5) is 286. The molecule has 4 aromatic rings. The van der Waals surface area contributed by atoms with E-state index in [4.69, 9.17) is 32.1 Å². The Morgan fingerprint density at radius 1 is 0.477 bits per heavy atom. The Morgan fingerprint density at radius 2 is 0.955 bits per heavy atom. The summed E-state index contributed by atoms with van der Waals surface area (Å²) in [6.45, 7) is 11.2. The number of phenolic OH excluding ortho intramolecular Hbond substituents is 2. The Hall–Kier alpha value is -15.8. The highest BCUT2D eigenvalue weighted by Crippen LogP contribution is 2.57. The van der Waals surface area contributed by atoms with Gasteiger partial charge in [0, 0.05) is 72.8 Å². The number of benzene rings is 3. The molecule has 0 saturated heterocycles. The summed E-state index contributed by atoms with van der Waals surface area (Å²) in [7, 11) is 0. The predicted molar refractivity (Wildman–Crippen MR) is 455 cm³/mol. The van der Waals surface area contributed by atoms with Crippen LogP contribution in [0.25, 0.3) is 0 Å². The number of imidazole rings is 1. The number of hydrazine groups is 1. The average Bonchev–Trinajstić information content (AvgIpc) is 1.52. The molecule has 0 saturated carbocycles. The number of nitrogens with zero attached hydrogens (tertiary/aromatic N) is 1. The third-order valence-corrected chi connectivity index (χ3v) is 20.7. The molecule has 51 nitrogen and oxygen atoms in total. The molecule has 3 heterocycles. The van der Waals surface area contributed by atoms with Crippen LogP contribution in [0.5, 0.6) is 23.0 Å². The number of carboxylic acids is 3. The average molecular weight is 1850 g/mol. The number of guanidine groups is 1. The zero-order chi connectivity index (χ0) is 98.5. The first-order valence-corrected chi connectivity index (χ1v) is 41.3. The van der Waals surface area contributed by atoms with E-state index in [0.717, 1.165) is 20.8 Å². The summed E-state index contributed by atoms with van der Waals surface area (Å²) in [5, 5.41) is 91.8. The minimum atomic E-state index is -1.98. The van der Waals surface area contributed by atoms with Crippen LogP contribution in [0.15, 0.2) is 67.1 Å². The Bertz CT molecular complexity index is 5000. The third-order valence-electron chi connectivity index (χ3n) is 20.7. The number of phenols is 2. The summed E-state index contributed by atoms with van der Waals surface area (Å²) >= 11 is 0. The molecule has 0 unspecified atom stereocenters. The number of aromatic amines is 1. The lowest BCUT2D eigenvalue weighted by molar-refractivity contribution is -0.142. The topological polar surface area (TPSA) is 813 Å². The normalized spacial score (nSPS) is 15.1. The fourth-order valence-corrected chi connectivity index (χ4v) is 13.2. The molecular weight excluding hydrogens is 1740 g/mol. The number of nitrogens with one attached hydrogen (secondary N) is 19. The standard InChI is InChI=1S/C81H109N23O28/c1-10-35(4)63(76(126)100-54(30-58(83)108)74(124)98-50(20-23-60(110)111)71(121)91-36(5)64(114)88-32-59(109)95-52(77(127)128)12-11-25-87-79(84)85)102-72(122)51(21-24-61(112)113)96-66(116)39(8)94-80(130)104-103-68(118)40(9)90-65(115)37(6)93-73(123)53(27-42-31-86-33-89-42)99-75(125)62(34(2)3)101-67(117)38(7)92-70(120)49(19-22-57(82)107)97-69(119)41-13-16-45-48(26-41)81(132-78(45)129)46-17-14-43(105)28-55(46)131-56-29-44(106)15-18-47(56)81/h13-18,26,28-29,31,33-40,49-54,62-63,105-106H,10-12,19-25,27,30,32H2,1-9H3,(H2,82,107)(H2,83,108)(H,86,89)(H,88,114)(H,90,115)(H,91,121)(H,92,120)(H,93,123)(H,95,109)(H,96,116)(H,97,119)(H,98,124)(H,99,125)(H,100,126)(H,101,117)(H,102,122)(H,103,118)(H,110,111)(H,112,113)(H,127,128)(H4,84,85,87)(H2,94,104,130)/t35-,36-,37-,38-,39-,40-,49-,50-,51-,52-,53-,54-,62-,63-/m0/s1. The van der Waals surface area contributed by atoms with Crippen LogP contribution in [-0.2, 0) is 103 Å². The largest absolute Gasteiger partial charge is 0.508 e. The van der Waals surface area contributed by atoms with Crippen molar-refractivity contribution in [3.05, 3.63) is 101 Å². The van der Waals surface area contributed by atoms with Crippen molar-refractivity contribution >= 4 is 130 Å². The molecule has 14 atom stereocenters. The van der Waals surface area contributed by atoms with Crippen LogP contribution in [0, 0.1) is 17.2 Å². The second kappa shape index (κ2) is 48.4. The fourth-order valence-electron chi connectivity index (χ4n) is 13.2. The number of carboxylic acid groups (broad SMARTS) is 3. The minimum Gasteiger partial charge on any atom is -0.508 e. The van der Waals surface area contributed by atoms with Crippen molar-refractivity contribution in [2.75, 3.05) is 13.1 Å². The van der Waals surface area contributed by atoms with Crippen LogP contribution in [0.2, 0.25) is 0 Å². The molecule has 0 radical (unpaired) electrons. The maximum absolute atomic E-state index is 14.2. The first-order chi connectivity index (χ1) is 62.0. The van der Waals surface area contributed by atoms with Gasteiger partial charge in [0.2, 0.25) is 82.7 Å². The van der Waals surface area contributed by atoms with Crippen molar-refractivity contribution in [2.24, 2.45) is 29.0 Å². The fraction of sp³-hybridized carbons (Fsp3) is 0.469. The Kier molecular flexibility index (Phi) is 38.5. The number of aliphatic carboxylic acids is 3. The number of aromatic hydroxyl groups is 2. The maximum Gasteiger partial charge on any atom is 0.340 e. The van der Waals surface area contributed by atoms with Gasteiger partial charge in [0.1, 0.15) is 102 Å². The number of nitrogens with two attached hydrogens (primary N) is 3. The molecule has 6 rings (SSSR count). The molecule has 2 aliphatic rings. The summed E-state index contributed by atoms with van der Waals surface area (Å²) in [5.74, 6) is -24.5. The predicted octanol–water partition coefficient (Wildman–Crippen LogP) is -6.10. The van der Waals surface area contributed by atoms with Crippen LogP contribution < -0.4 is 113 Å². The number of amides is 18. The number of aromatic nitrogens is 2. The van der Waals surface area contributed by atoms with Gasteiger partial charge in [-0.05, 0) is 121 Å². The quantitative estimate of drug-likeness (QED) is 0.00643. The molecule has 1 spiro atoms. The molecule has 51 heteroatoms. The number of fused-ring (bicyclic) bond motifs is 6. The van der Waals surface area contributed by atoms with E-state index in [0.29, 0.717) is 0 Å². The van der Waals surface area contributed by atoms with Gasteiger partial charge in [-0.25, -0.2) is 24.8 Å². The van der Waals surface area contributed by atoms with Gasteiger partial charge in [0.25, 0.3) is 11.8 Å². The van der Waals surface area contributed by atoms with Gasteiger partial charge < -0.3 is 137 Å². The van der Waals surface area contributed by atoms with Crippen LogP contribution in [0.1, 0.15) is 170 Å². The highest BCUT2D eigenvalue weighted by Gasteiger charge is 2.54. The Morgan fingerprint density at radius 3 is 1.48 bits per heavy atom. The molecule has 3 aromatic carbocycles. The smallest absolute Gasteiger partial charge is 0.340 e. The number of hydrogen-bond donors (Lipinski definition) is 27. The molecule has 2 aliphatic heterocycles. The van der Waals surface area contributed by atoms with Crippen molar-refractivity contribution in [1.29, 1.82) is 5.41 Å². The molecule has 1 aromatic heterocycles. The van der Waals surface area contributed by atoms with Crippen LogP contribution in [0.3, 0.4) is 0 Å². The Labute approximate surface area is 752 Å². The zero-order valence-corrected chi connectivity index (χ0v) is 73.0. The number of ether oxygens (including phenoxy) is 2. The van der Waals surface area contributed by atoms with Gasteiger partial charge in [0.05, 0.1) is 30.6 Å². The molecule has 0 aliphatic carbocycles. The number of carbonyl (C=O) groups is 21. The van der Waals surface area contributed by atoms with Crippen LogP contribution in [0.4, 0.5) is 4.79 Å². The van der Waals surface area contributed by atoms with Crippen LogP contribution >= 0.6 is 0 Å². The first kappa shape index (κ1) is 105. The monoisotopic (exact) mass is 1850 g/mol. The molecule has 132 heavy (non-hydrogen) atoms. The van der Waals surface area contributed by atoms with Crippen molar-refractivity contribution < 1.29 is 136 Å². The molecule has 0 fully saturated rings. The van der Waals surface area contributed by atoms with Gasteiger partial charge >= 0.3 is 29.9 Å². The van der Waals surface area contributed by atoms with Crippen molar-refractivity contribution in [2.45, 2.75) is 217 Å². The second-order valence-corrected chi connectivity index (χ2v) is 31.4.